The number of benzene rings is 3. The molecule has 0 aromatic heterocycles. The fourth-order valence-corrected chi connectivity index (χ4v) is 3.15. The predicted octanol–water partition coefficient (Wildman–Crippen LogP) is 5.52. The molecule has 3 rings (SSSR count). The summed E-state index contributed by atoms with van der Waals surface area (Å²) in [5.41, 5.74) is 1.71. The summed E-state index contributed by atoms with van der Waals surface area (Å²) >= 11 is 8.16. The number of ketones is 1. The van der Waals surface area contributed by atoms with Crippen LogP contribution < -0.4 is 0 Å². The van der Waals surface area contributed by atoms with Crippen molar-refractivity contribution in [3.05, 3.63) is 80.4 Å². The molecule has 21 heavy (non-hydrogen) atoms. The Morgan fingerprint density at radius 2 is 1.71 bits per heavy atom. The van der Waals surface area contributed by atoms with E-state index in [0.717, 1.165) is 14.5 Å². The van der Waals surface area contributed by atoms with Crippen LogP contribution >= 0.6 is 34.2 Å². The minimum atomic E-state index is 0.0946. The summed E-state index contributed by atoms with van der Waals surface area (Å²) in [6.45, 7) is 0. The molecule has 3 aromatic rings. The van der Waals surface area contributed by atoms with Crippen LogP contribution in [0.25, 0.3) is 10.8 Å². The lowest BCUT2D eigenvalue weighted by Crippen LogP contribution is -2.05. The summed E-state index contributed by atoms with van der Waals surface area (Å²) in [6.07, 6.45) is 0.390. The van der Waals surface area contributed by atoms with Gasteiger partial charge in [0.05, 0.1) is 0 Å². The molecule has 0 bridgehead atoms. The van der Waals surface area contributed by atoms with Gasteiger partial charge in [-0.2, -0.15) is 0 Å². The second-order valence-corrected chi connectivity index (χ2v) is 6.50. The minimum absolute atomic E-state index is 0.0946. The van der Waals surface area contributed by atoms with Gasteiger partial charge in [0, 0.05) is 20.6 Å². The lowest BCUT2D eigenvalue weighted by molar-refractivity contribution is 0.0992. The highest BCUT2D eigenvalue weighted by Gasteiger charge is 2.11. The number of carbonyl (C=O) groups is 1. The van der Waals surface area contributed by atoms with Crippen LogP contribution in [0.3, 0.4) is 0 Å². The van der Waals surface area contributed by atoms with Gasteiger partial charge in [0.1, 0.15) is 0 Å². The molecule has 0 aliphatic carbocycles. The molecule has 0 N–H and O–H groups in total. The molecule has 104 valence electrons. The van der Waals surface area contributed by atoms with Crippen molar-refractivity contribution in [2.75, 3.05) is 0 Å². The van der Waals surface area contributed by atoms with E-state index in [2.05, 4.69) is 46.9 Å². The number of Topliss-reactive ketones (excluding diaryl/α,β-unsaturated/α-hetero) is 1. The van der Waals surface area contributed by atoms with E-state index in [-0.39, 0.29) is 5.78 Å². The van der Waals surface area contributed by atoms with Crippen molar-refractivity contribution < 1.29 is 4.79 Å². The Balaban J connectivity index is 1.90. The molecule has 0 aliphatic rings. The Hall–Kier alpha value is -1.39. The zero-order valence-corrected chi connectivity index (χ0v) is 14.1. The smallest absolute Gasteiger partial charge is 0.168 e. The molecular weight excluding hydrogens is 395 g/mol. The van der Waals surface area contributed by atoms with E-state index in [4.69, 9.17) is 11.6 Å². The third-order valence-electron chi connectivity index (χ3n) is 3.41. The van der Waals surface area contributed by atoms with Gasteiger partial charge < -0.3 is 0 Å². The van der Waals surface area contributed by atoms with E-state index < -0.39 is 0 Å². The predicted molar refractivity (Wildman–Crippen MR) is 96.2 cm³/mol. The molecule has 0 aliphatic heterocycles. The zero-order chi connectivity index (χ0) is 14.8. The SMILES string of the molecule is O=C(Cc1ccc2ccccc2c1)c1cc(Cl)ccc1I. The van der Waals surface area contributed by atoms with Gasteiger partial charge in [0.25, 0.3) is 0 Å². The first-order chi connectivity index (χ1) is 10.1. The number of halogens is 2. The molecule has 0 atom stereocenters. The van der Waals surface area contributed by atoms with Crippen LogP contribution in [-0.2, 0) is 6.42 Å². The molecule has 3 aromatic carbocycles. The monoisotopic (exact) mass is 406 g/mol. The standard InChI is InChI=1S/C18H12ClIO/c19-15-7-8-17(20)16(11-15)18(21)10-12-5-6-13-3-1-2-4-14(13)9-12/h1-9,11H,10H2. The molecule has 0 radical (unpaired) electrons. The number of hydrogen-bond acceptors (Lipinski definition) is 1. The highest BCUT2D eigenvalue weighted by molar-refractivity contribution is 14.1. The van der Waals surface area contributed by atoms with Crippen molar-refractivity contribution in [3.8, 4) is 0 Å². The van der Waals surface area contributed by atoms with Crippen LogP contribution in [-0.4, -0.2) is 5.78 Å². The average molecular weight is 407 g/mol. The first-order valence-corrected chi connectivity index (χ1v) is 8.05. The quantitative estimate of drug-likeness (QED) is 0.413. The highest BCUT2D eigenvalue weighted by atomic mass is 127. The third-order valence-corrected chi connectivity index (χ3v) is 4.58. The maximum Gasteiger partial charge on any atom is 0.168 e. The molecule has 1 nitrogen and oxygen atoms in total. The topological polar surface area (TPSA) is 17.1 Å². The normalized spacial score (nSPS) is 10.8. The fourth-order valence-electron chi connectivity index (χ4n) is 2.34. The fraction of sp³-hybridized carbons (Fsp3) is 0.0556. The van der Waals surface area contributed by atoms with Crippen LogP contribution in [0.2, 0.25) is 5.02 Å². The van der Waals surface area contributed by atoms with E-state index in [1.165, 1.54) is 5.39 Å². The lowest BCUT2D eigenvalue weighted by Gasteiger charge is -2.06. The Morgan fingerprint density at radius 1 is 0.952 bits per heavy atom. The summed E-state index contributed by atoms with van der Waals surface area (Å²) < 4.78 is 0.933. The number of rotatable bonds is 3. The Bertz CT molecular complexity index is 826. The number of fused-ring (bicyclic) bond motifs is 1. The van der Waals surface area contributed by atoms with Crippen LogP contribution in [0, 0.1) is 3.57 Å². The second-order valence-electron chi connectivity index (χ2n) is 4.91. The zero-order valence-electron chi connectivity index (χ0n) is 11.1. The van der Waals surface area contributed by atoms with Gasteiger partial charge >= 0.3 is 0 Å². The van der Waals surface area contributed by atoms with Crippen molar-refractivity contribution in [1.82, 2.24) is 0 Å². The number of carbonyl (C=O) groups excluding carboxylic acids is 1. The summed E-state index contributed by atoms with van der Waals surface area (Å²) in [5, 5.41) is 2.94. The van der Waals surface area contributed by atoms with Crippen molar-refractivity contribution in [2.24, 2.45) is 0 Å². The molecule has 0 saturated carbocycles. The molecule has 3 heteroatoms. The van der Waals surface area contributed by atoms with Gasteiger partial charge in [-0.05, 0) is 57.1 Å². The van der Waals surface area contributed by atoms with Gasteiger partial charge in [-0.1, -0.05) is 54.1 Å². The van der Waals surface area contributed by atoms with Crippen LogP contribution in [0.4, 0.5) is 0 Å². The second kappa shape index (κ2) is 6.16. The summed E-state index contributed by atoms with van der Waals surface area (Å²) in [7, 11) is 0. The summed E-state index contributed by atoms with van der Waals surface area (Å²) in [6, 6.07) is 19.7. The molecule has 0 saturated heterocycles. The third kappa shape index (κ3) is 3.27. The molecule has 0 unspecified atom stereocenters. The molecule has 0 spiro atoms. The average Bonchev–Trinajstić information content (AvgIpc) is 2.49. The van der Waals surface area contributed by atoms with E-state index in [9.17, 15) is 4.79 Å². The summed E-state index contributed by atoms with van der Waals surface area (Å²) in [4.78, 5) is 12.5. The Labute approximate surface area is 142 Å². The largest absolute Gasteiger partial charge is 0.294 e. The summed E-state index contributed by atoms with van der Waals surface area (Å²) in [5.74, 6) is 0.0946. The first kappa shape index (κ1) is 14.5. The molecule has 0 heterocycles. The Kier molecular flexibility index (Phi) is 4.27. The van der Waals surface area contributed by atoms with Gasteiger partial charge in [-0.15, -0.1) is 0 Å². The molecular formula is C18H12ClIO. The van der Waals surface area contributed by atoms with Crippen molar-refractivity contribution in [1.29, 1.82) is 0 Å². The number of hydrogen-bond donors (Lipinski definition) is 0. The lowest BCUT2D eigenvalue weighted by atomic mass is 10.0. The van der Waals surface area contributed by atoms with E-state index in [1.807, 2.05) is 24.3 Å². The van der Waals surface area contributed by atoms with E-state index >= 15 is 0 Å². The maximum absolute atomic E-state index is 12.5. The van der Waals surface area contributed by atoms with Crippen molar-refractivity contribution in [2.45, 2.75) is 6.42 Å². The van der Waals surface area contributed by atoms with Crippen molar-refractivity contribution in [3.63, 3.8) is 0 Å². The van der Waals surface area contributed by atoms with Crippen LogP contribution in [0.15, 0.2) is 60.7 Å². The van der Waals surface area contributed by atoms with E-state index in [1.54, 1.807) is 12.1 Å². The highest BCUT2D eigenvalue weighted by Crippen LogP contribution is 2.21. The van der Waals surface area contributed by atoms with Gasteiger partial charge in [-0.3, -0.25) is 4.79 Å². The van der Waals surface area contributed by atoms with E-state index in [0.29, 0.717) is 17.0 Å². The van der Waals surface area contributed by atoms with Gasteiger partial charge in [-0.25, -0.2) is 0 Å². The Morgan fingerprint density at radius 3 is 2.52 bits per heavy atom. The van der Waals surface area contributed by atoms with Gasteiger partial charge in [0.15, 0.2) is 5.78 Å². The van der Waals surface area contributed by atoms with Gasteiger partial charge in [0.2, 0.25) is 0 Å². The van der Waals surface area contributed by atoms with Crippen LogP contribution in [0.5, 0.6) is 0 Å². The maximum atomic E-state index is 12.5. The minimum Gasteiger partial charge on any atom is -0.294 e. The first-order valence-electron chi connectivity index (χ1n) is 6.59. The molecule has 0 amide bonds. The van der Waals surface area contributed by atoms with Crippen molar-refractivity contribution >= 4 is 50.7 Å². The van der Waals surface area contributed by atoms with Crippen LogP contribution in [0.1, 0.15) is 15.9 Å². The molecule has 0 fully saturated rings.